The Labute approximate surface area is 137 Å². The SMILES string of the molecule is CCCn1cncc1C(C(=O)O)N(C(=O)OC(C)(C)C)C(C)C. The largest absolute Gasteiger partial charge is 0.479 e. The number of amides is 1. The second-order valence-electron chi connectivity index (χ2n) is 6.73. The minimum Gasteiger partial charge on any atom is -0.479 e. The molecule has 23 heavy (non-hydrogen) atoms. The van der Waals surface area contributed by atoms with Crippen molar-refractivity contribution in [2.75, 3.05) is 0 Å². The predicted molar refractivity (Wildman–Crippen MR) is 86.1 cm³/mol. The van der Waals surface area contributed by atoms with Gasteiger partial charge in [-0.15, -0.1) is 0 Å². The summed E-state index contributed by atoms with van der Waals surface area (Å²) in [5.41, 5.74) is -0.226. The number of carboxylic acids is 1. The Kier molecular flexibility index (Phi) is 6.18. The number of imidazole rings is 1. The molecule has 1 rings (SSSR count). The highest BCUT2D eigenvalue weighted by Gasteiger charge is 2.37. The standard InChI is InChI=1S/C16H27N3O4/c1-7-8-18-10-17-9-12(18)13(14(20)21)19(11(2)3)15(22)23-16(4,5)6/h9-11,13H,7-8H2,1-6H3,(H,20,21). The molecule has 0 saturated heterocycles. The normalized spacial score (nSPS) is 13.0. The first-order valence-corrected chi connectivity index (χ1v) is 7.82. The van der Waals surface area contributed by atoms with Gasteiger partial charge in [-0.25, -0.2) is 14.6 Å². The fraction of sp³-hybridized carbons (Fsp3) is 0.688. The van der Waals surface area contributed by atoms with Gasteiger partial charge in [0.05, 0.1) is 18.2 Å². The molecule has 0 aliphatic carbocycles. The highest BCUT2D eigenvalue weighted by molar-refractivity contribution is 5.81. The van der Waals surface area contributed by atoms with E-state index in [0.29, 0.717) is 12.2 Å². The van der Waals surface area contributed by atoms with Crippen molar-refractivity contribution in [1.29, 1.82) is 0 Å². The molecule has 1 unspecified atom stereocenters. The highest BCUT2D eigenvalue weighted by Crippen LogP contribution is 2.26. The van der Waals surface area contributed by atoms with Crippen LogP contribution < -0.4 is 0 Å². The minimum atomic E-state index is -1.14. The lowest BCUT2D eigenvalue weighted by molar-refractivity contribution is -0.144. The Bertz CT molecular complexity index is 546. The van der Waals surface area contributed by atoms with Crippen molar-refractivity contribution in [2.24, 2.45) is 0 Å². The van der Waals surface area contributed by atoms with Crippen LogP contribution in [0.5, 0.6) is 0 Å². The molecule has 0 aliphatic heterocycles. The molecule has 0 aromatic carbocycles. The molecule has 7 heteroatoms. The van der Waals surface area contributed by atoms with Crippen molar-refractivity contribution >= 4 is 12.1 Å². The van der Waals surface area contributed by atoms with Gasteiger partial charge in [-0.05, 0) is 41.0 Å². The van der Waals surface area contributed by atoms with E-state index in [-0.39, 0.29) is 6.04 Å². The van der Waals surface area contributed by atoms with Gasteiger partial charge >= 0.3 is 12.1 Å². The quantitative estimate of drug-likeness (QED) is 0.869. The van der Waals surface area contributed by atoms with Gasteiger partial charge in [0, 0.05) is 12.6 Å². The third-order valence-corrected chi connectivity index (χ3v) is 3.16. The molecule has 1 heterocycles. The Balaban J connectivity index is 3.25. The van der Waals surface area contributed by atoms with Gasteiger partial charge in [0.25, 0.3) is 0 Å². The minimum absolute atomic E-state index is 0.337. The van der Waals surface area contributed by atoms with Crippen LogP contribution in [-0.4, -0.2) is 43.3 Å². The van der Waals surface area contributed by atoms with Gasteiger partial charge in [-0.1, -0.05) is 6.92 Å². The average Bonchev–Trinajstić information content (AvgIpc) is 2.80. The summed E-state index contributed by atoms with van der Waals surface area (Å²) < 4.78 is 7.15. The van der Waals surface area contributed by atoms with E-state index in [1.165, 1.54) is 11.1 Å². The first kappa shape index (κ1) is 19.0. The molecule has 0 bridgehead atoms. The van der Waals surface area contributed by atoms with Crippen LogP contribution in [0.2, 0.25) is 0 Å². The Hall–Kier alpha value is -2.05. The lowest BCUT2D eigenvalue weighted by Gasteiger charge is -2.34. The van der Waals surface area contributed by atoms with E-state index in [0.717, 1.165) is 6.42 Å². The Morgan fingerprint density at radius 1 is 1.39 bits per heavy atom. The Morgan fingerprint density at radius 3 is 2.43 bits per heavy atom. The van der Waals surface area contributed by atoms with Crippen LogP contribution in [-0.2, 0) is 16.1 Å². The molecule has 0 spiro atoms. The smallest absolute Gasteiger partial charge is 0.411 e. The maximum absolute atomic E-state index is 12.5. The van der Waals surface area contributed by atoms with E-state index in [1.54, 1.807) is 45.5 Å². The van der Waals surface area contributed by atoms with E-state index in [1.807, 2.05) is 6.92 Å². The van der Waals surface area contributed by atoms with Crippen LogP contribution in [0.25, 0.3) is 0 Å². The molecule has 0 saturated carbocycles. The molecule has 1 amide bonds. The number of hydrogen-bond acceptors (Lipinski definition) is 4. The summed E-state index contributed by atoms with van der Waals surface area (Å²) in [5.74, 6) is -1.11. The number of aryl methyl sites for hydroxylation is 1. The number of carboxylic acid groups (broad SMARTS) is 1. The number of hydrogen-bond donors (Lipinski definition) is 1. The van der Waals surface area contributed by atoms with Crippen LogP contribution in [0, 0.1) is 0 Å². The summed E-state index contributed by atoms with van der Waals surface area (Å²) in [4.78, 5) is 29.7. The summed E-state index contributed by atoms with van der Waals surface area (Å²) in [6, 6.07) is -1.48. The number of aliphatic carboxylic acids is 1. The summed E-state index contributed by atoms with van der Waals surface area (Å²) in [5, 5.41) is 9.71. The van der Waals surface area contributed by atoms with Gasteiger partial charge < -0.3 is 14.4 Å². The van der Waals surface area contributed by atoms with Crippen LogP contribution in [0.15, 0.2) is 12.5 Å². The molecule has 7 nitrogen and oxygen atoms in total. The van der Waals surface area contributed by atoms with Crippen molar-refractivity contribution in [2.45, 2.75) is 72.2 Å². The average molecular weight is 325 g/mol. The highest BCUT2D eigenvalue weighted by atomic mass is 16.6. The molecular weight excluding hydrogens is 298 g/mol. The maximum Gasteiger partial charge on any atom is 0.411 e. The van der Waals surface area contributed by atoms with Gasteiger partial charge in [0.1, 0.15) is 5.60 Å². The van der Waals surface area contributed by atoms with E-state index in [4.69, 9.17) is 4.74 Å². The summed E-state index contributed by atoms with van der Waals surface area (Å²) in [7, 11) is 0. The molecule has 1 aromatic heterocycles. The van der Waals surface area contributed by atoms with Crippen LogP contribution in [0.4, 0.5) is 4.79 Å². The monoisotopic (exact) mass is 325 g/mol. The van der Waals surface area contributed by atoms with Crippen molar-refractivity contribution in [3.8, 4) is 0 Å². The van der Waals surface area contributed by atoms with Crippen LogP contribution in [0.3, 0.4) is 0 Å². The molecule has 0 fully saturated rings. The van der Waals surface area contributed by atoms with Gasteiger partial charge in [-0.2, -0.15) is 0 Å². The number of rotatable bonds is 6. The van der Waals surface area contributed by atoms with E-state index >= 15 is 0 Å². The van der Waals surface area contributed by atoms with Gasteiger partial charge in [0.2, 0.25) is 0 Å². The first-order valence-electron chi connectivity index (χ1n) is 7.82. The summed E-state index contributed by atoms with van der Waals surface area (Å²) in [6.07, 6.45) is 3.27. The molecule has 130 valence electrons. The lowest BCUT2D eigenvalue weighted by Crippen LogP contribution is -2.46. The van der Waals surface area contributed by atoms with E-state index in [9.17, 15) is 14.7 Å². The zero-order chi connectivity index (χ0) is 17.8. The molecule has 1 atom stereocenters. The maximum atomic E-state index is 12.5. The Morgan fingerprint density at radius 2 is 2.00 bits per heavy atom. The molecule has 1 N–H and O–H groups in total. The number of aromatic nitrogens is 2. The number of carbonyl (C=O) groups excluding carboxylic acids is 1. The lowest BCUT2D eigenvalue weighted by atomic mass is 10.1. The fourth-order valence-electron chi connectivity index (χ4n) is 2.30. The van der Waals surface area contributed by atoms with Crippen molar-refractivity contribution < 1.29 is 19.4 Å². The van der Waals surface area contributed by atoms with Crippen molar-refractivity contribution in [3.63, 3.8) is 0 Å². The second-order valence-corrected chi connectivity index (χ2v) is 6.73. The molecule has 1 aromatic rings. The summed E-state index contributed by atoms with van der Waals surface area (Å²) >= 11 is 0. The molecular formula is C16H27N3O4. The van der Waals surface area contributed by atoms with Crippen LogP contribution in [0.1, 0.15) is 59.7 Å². The predicted octanol–water partition coefficient (Wildman–Crippen LogP) is 3.06. The summed E-state index contributed by atoms with van der Waals surface area (Å²) in [6.45, 7) is 11.4. The molecule has 0 radical (unpaired) electrons. The van der Waals surface area contributed by atoms with Crippen molar-refractivity contribution in [1.82, 2.24) is 14.5 Å². The molecule has 0 aliphatic rings. The number of carbonyl (C=O) groups is 2. The third kappa shape index (κ3) is 4.97. The fourth-order valence-corrected chi connectivity index (χ4v) is 2.30. The zero-order valence-electron chi connectivity index (χ0n) is 14.7. The third-order valence-electron chi connectivity index (χ3n) is 3.16. The number of ether oxygens (including phenoxy) is 1. The van der Waals surface area contributed by atoms with Crippen LogP contribution >= 0.6 is 0 Å². The zero-order valence-corrected chi connectivity index (χ0v) is 14.7. The van der Waals surface area contributed by atoms with Gasteiger partial charge in [-0.3, -0.25) is 4.90 Å². The number of nitrogens with zero attached hydrogens (tertiary/aromatic N) is 3. The van der Waals surface area contributed by atoms with Crippen molar-refractivity contribution in [3.05, 3.63) is 18.2 Å². The topological polar surface area (TPSA) is 84.7 Å². The second kappa shape index (κ2) is 7.48. The van der Waals surface area contributed by atoms with E-state index in [2.05, 4.69) is 4.98 Å². The van der Waals surface area contributed by atoms with E-state index < -0.39 is 23.7 Å². The first-order chi connectivity index (χ1) is 10.6. The van der Waals surface area contributed by atoms with Gasteiger partial charge in [0.15, 0.2) is 6.04 Å².